The highest BCUT2D eigenvalue weighted by molar-refractivity contribution is 7.81. The Bertz CT molecular complexity index is 184. The third kappa shape index (κ3) is 3.19. The molecular weight excluding hydrogens is 184 g/mol. The molecule has 1 heterocycles. The first kappa shape index (κ1) is 10.9. The Balaban J connectivity index is 2.46. The molecule has 1 atom stereocenters. The predicted octanol–water partition coefficient (Wildman–Crippen LogP) is 0.469. The minimum atomic E-state index is -0.164. The third-order valence-electron chi connectivity index (χ3n) is 2.39. The SMILES string of the molecule is CC(S)C(=O)N1CCCN(C)CC1. The highest BCUT2D eigenvalue weighted by atomic mass is 32.1. The summed E-state index contributed by atoms with van der Waals surface area (Å²) in [4.78, 5) is 15.8. The Kier molecular flexibility index (Phi) is 4.06. The molecule has 13 heavy (non-hydrogen) atoms. The minimum Gasteiger partial charge on any atom is -0.340 e. The van der Waals surface area contributed by atoms with Crippen LogP contribution in [-0.4, -0.2) is 54.2 Å². The quantitative estimate of drug-likeness (QED) is 0.625. The smallest absolute Gasteiger partial charge is 0.235 e. The van der Waals surface area contributed by atoms with E-state index in [1.165, 1.54) is 0 Å². The van der Waals surface area contributed by atoms with E-state index in [2.05, 4.69) is 24.6 Å². The van der Waals surface area contributed by atoms with E-state index in [9.17, 15) is 4.79 Å². The zero-order valence-electron chi connectivity index (χ0n) is 8.36. The fourth-order valence-electron chi connectivity index (χ4n) is 1.53. The molecule has 0 N–H and O–H groups in total. The molecule has 76 valence electrons. The van der Waals surface area contributed by atoms with Crippen LogP contribution in [0.3, 0.4) is 0 Å². The van der Waals surface area contributed by atoms with Gasteiger partial charge in [-0.3, -0.25) is 4.79 Å². The molecule has 0 aromatic heterocycles. The number of rotatable bonds is 1. The second-order valence-corrected chi connectivity index (χ2v) is 4.43. The van der Waals surface area contributed by atoms with Crippen LogP contribution in [0.2, 0.25) is 0 Å². The van der Waals surface area contributed by atoms with Crippen LogP contribution in [0.1, 0.15) is 13.3 Å². The van der Waals surface area contributed by atoms with Crippen LogP contribution in [0.4, 0.5) is 0 Å². The second-order valence-electron chi connectivity index (χ2n) is 3.66. The molecule has 4 heteroatoms. The summed E-state index contributed by atoms with van der Waals surface area (Å²) >= 11 is 4.16. The number of carbonyl (C=O) groups is 1. The summed E-state index contributed by atoms with van der Waals surface area (Å²) in [6, 6.07) is 0. The minimum absolute atomic E-state index is 0.164. The monoisotopic (exact) mass is 202 g/mol. The van der Waals surface area contributed by atoms with Gasteiger partial charge in [-0.2, -0.15) is 12.6 Å². The van der Waals surface area contributed by atoms with E-state index in [0.717, 1.165) is 32.6 Å². The Morgan fingerprint density at radius 2 is 2.00 bits per heavy atom. The number of amides is 1. The lowest BCUT2D eigenvalue weighted by Crippen LogP contribution is -2.38. The summed E-state index contributed by atoms with van der Waals surface area (Å²) in [7, 11) is 2.10. The van der Waals surface area contributed by atoms with Crippen molar-refractivity contribution in [1.29, 1.82) is 0 Å². The normalized spacial score (nSPS) is 22.5. The zero-order valence-corrected chi connectivity index (χ0v) is 9.26. The topological polar surface area (TPSA) is 23.6 Å². The first-order valence-corrected chi connectivity index (χ1v) is 5.28. The van der Waals surface area contributed by atoms with Gasteiger partial charge >= 0.3 is 0 Å². The molecule has 0 aromatic carbocycles. The molecule has 0 aliphatic carbocycles. The van der Waals surface area contributed by atoms with Crippen molar-refractivity contribution in [3.05, 3.63) is 0 Å². The average molecular weight is 202 g/mol. The van der Waals surface area contributed by atoms with Crippen molar-refractivity contribution in [2.24, 2.45) is 0 Å². The third-order valence-corrected chi connectivity index (χ3v) is 2.61. The largest absolute Gasteiger partial charge is 0.340 e. The molecule has 1 aliphatic heterocycles. The summed E-state index contributed by atoms with van der Waals surface area (Å²) in [6.45, 7) is 5.63. The Labute approximate surface area is 85.5 Å². The number of nitrogens with zero attached hydrogens (tertiary/aromatic N) is 2. The number of thiol groups is 1. The van der Waals surface area contributed by atoms with Gasteiger partial charge in [0.05, 0.1) is 5.25 Å². The van der Waals surface area contributed by atoms with Gasteiger partial charge in [0.1, 0.15) is 0 Å². The molecule has 0 spiro atoms. The highest BCUT2D eigenvalue weighted by Crippen LogP contribution is 2.05. The fourth-order valence-corrected chi connectivity index (χ4v) is 1.69. The lowest BCUT2D eigenvalue weighted by atomic mass is 10.3. The van der Waals surface area contributed by atoms with Gasteiger partial charge < -0.3 is 9.80 Å². The molecule has 1 rings (SSSR count). The zero-order chi connectivity index (χ0) is 9.84. The molecule has 0 saturated carbocycles. The Morgan fingerprint density at radius 1 is 1.31 bits per heavy atom. The van der Waals surface area contributed by atoms with Gasteiger partial charge in [0.2, 0.25) is 5.91 Å². The summed E-state index contributed by atoms with van der Waals surface area (Å²) in [6.07, 6.45) is 1.07. The lowest BCUT2D eigenvalue weighted by molar-refractivity contribution is -0.130. The van der Waals surface area contributed by atoms with Crippen molar-refractivity contribution in [1.82, 2.24) is 9.80 Å². The highest BCUT2D eigenvalue weighted by Gasteiger charge is 2.19. The predicted molar refractivity (Wildman–Crippen MR) is 57.1 cm³/mol. The maximum Gasteiger partial charge on any atom is 0.235 e. The van der Waals surface area contributed by atoms with Gasteiger partial charge in [-0.05, 0) is 26.9 Å². The van der Waals surface area contributed by atoms with Crippen LogP contribution >= 0.6 is 12.6 Å². The van der Waals surface area contributed by atoms with Crippen LogP contribution in [-0.2, 0) is 4.79 Å². The van der Waals surface area contributed by atoms with Crippen molar-refractivity contribution in [3.8, 4) is 0 Å². The van der Waals surface area contributed by atoms with E-state index in [1.807, 2.05) is 11.8 Å². The van der Waals surface area contributed by atoms with Crippen molar-refractivity contribution in [2.75, 3.05) is 33.2 Å². The first-order chi connectivity index (χ1) is 6.11. The lowest BCUT2D eigenvalue weighted by Gasteiger charge is -2.21. The molecule has 3 nitrogen and oxygen atoms in total. The van der Waals surface area contributed by atoms with Gasteiger partial charge in [-0.1, -0.05) is 0 Å². The number of likely N-dealkylation sites (N-methyl/N-ethyl adjacent to an activating group) is 1. The molecule has 0 aromatic rings. The van der Waals surface area contributed by atoms with Gasteiger partial charge in [0.15, 0.2) is 0 Å². The fraction of sp³-hybridized carbons (Fsp3) is 0.889. The van der Waals surface area contributed by atoms with Crippen molar-refractivity contribution in [2.45, 2.75) is 18.6 Å². The van der Waals surface area contributed by atoms with Crippen molar-refractivity contribution in [3.63, 3.8) is 0 Å². The maximum atomic E-state index is 11.6. The molecule has 1 unspecified atom stereocenters. The first-order valence-electron chi connectivity index (χ1n) is 4.76. The van der Waals surface area contributed by atoms with Gasteiger partial charge in [0, 0.05) is 19.6 Å². The number of hydrogen-bond donors (Lipinski definition) is 1. The molecular formula is C9H18N2OS. The number of hydrogen-bond acceptors (Lipinski definition) is 3. The summed E-state index contributed by atoms with van der Waals surface area (Å²) in [5, 5.41) is -0.164. The van der Waals surface area contributed by atoms with E-state index >= 15 is 0 Å². The van der Waals surface area contributed by atoms with E-state index in [-0.39, 0.29) is 11.2 Å². The van der Waals surface area contributed by atoms with Gasteiger partial charge in [-0.25, -0.2) is 0 Å². The van der Waals surface area contributed by atoms with Crippen LogP contribution in [0.5, 0.6) is 0 Å². The molecule has 0 bridgehead atoms. The Morgan fingerprint density at radius 3 is 2.62 bits per heavy atom. The van der Waals surface area contributed by atoms with Crippen LogP contribution < -0.4 is 0 Å². The molecule has 0 radical (unpaired) electrons. The number of carbonyl (C=O) groups excluding carboxylic acids is 1. The van der Waals surface area contributed by atoms with Crippen molar-refractivity contribution < 1.29 is 4.79 Å². The molecule has 1 amide bonds. The molecule has 1 saturated heterocycles. The van der Waals surface area contributed by atoms with Crippen LogP contribution in [0, 0.1) is 0 Å². The molecule has 1 aliphatic rings. The summed E-state index contributed by atoms with van der Waals surface area (Å²) in [5.41, 5.74) is 0. The van der Waals surface area contributed by atoms with E-state index in [0.29, 0.717) is 0 Å². The van der Waals surface area contributed by atoms with Gasteiger partial charge in [0.25, 0.3) is 0 Å². The van der Waals surface area contributed by atoms with E-state index in [4.69, 9.17) is 0 Å². The van der Waals surface area contributed by atoms with Crippen LogP contribution in [0.15, 0.2) is 0 Å². The van der Waals surface area contributed by atoms with Crippen LogP contribution in [0.25, 0.3) is 0 Å². The van der Waals surface area contributed by atoms with E-state index in [1.54, 1.807) is 0 Å². The summed E-state index contributed by atoms with van der Waals surface area (Å²) in [5.74, 6) is 0.165. The summed E-state index contributed by atoms with van der Waals surface area (Å²) < 4.78 is 0. The average Bonchev–Trinajstić information content (AvgIpc) is 2.28. The maximum absolute atomic E-state index is 11.6. The second kappa shape index (κ2) is 4.86. The van der Waals surface area contributed by atoms with Crippen molar-refractivity contribution >= 4 is 18.5 Å². The van der Waals surface area contributed by atoms with E-state index < -0.39 is 0 Å². The Hall–Kier alpha value is -0.220. The van der Waals surface area contributed by atoms with Gasteiger partial charge in [-0.15, -0.1) is 0 Å². The standard InChI is InChI=1S/C9H18N2OS/c1-8(13)9(12)11-5-3-4-10(2)6-7-11/h8,13H,3-7H2,1-2H3. The molecule has 1 fully saturated rings.